The summed E-state index contributed by atoms with van der Waals surface area (Å²) in [5.74, 6) is 0.870. The molecule has 0 bridgehead atoms. The maximum Gasteiger partial charge on any atom is 0.0981 e. The van der Waals surface area contributed by atoms with E-state index in [2.05, 4.69) is 21.3 Å². The van der Waals surface area contributed by atoms with Crippen LogP contribution in [0.15, 0.2) is 12.4 Å². The highest BCUT2D eigenvalue weighted by Crippen LogP contribution is 2.35. The van der Waals surface area contributed by atoms with E-state index < -0.39 is 0 Å². The van der Waals surface area contributed by atoms with E-state index in [-0.39, 0.29) is 5.60 Å². The molecular formula is C13H21N3O. The minimum absolute atomic E-state index is 0.104. The molecule has 0 aromatic carbocycles. The Morgan fingerprint density at radius 3 is 2.88 bits per heavy atom. The van der Waals surface area contributed by atoms with Crippen molar-refractivity contribution in [3.63, 3.8) is 0 Å². The summed E-state index contributed by atoms with van der Waals surface area (Å²) >= 11 is 0. The Labute approximate surface area is 102 Å². The SMILES string of the molecule is COC1(c2cnn(CC3CC3)c2)CCNCC1. The fourth-order valence-electron chi connectivity index (χ4n) is 2.70. The smallest absolute Gasteiger partial charge is 0.0981 e. The van der Waals surface area contributed by atoms with Gasteiger partial charge in [0.05, 0.1) is 11.8 Å². The summed E-state index contributed by atoms with van der Waals surface area (Å²) < 4.78 is 7.90. The Balaban J connectivity index is 1.77. The highest BCUT2D eigenvalue weighted by molar-refractivity contribution is 5.17. The average Bonchev–Trinajstić information content (AvgIpc) is 3.06. The number of hydrogen-bond donors (Lipinski definition) is 1. The minimum Gasteiger partial charge on any atom is -0.373 e. The largest absolute Gasteiger partial charge is 0.373 e. The van der Waals surface area contributed by atoms with Crippen LogP contribution < -0.4 is 5.32 Å². The van der Waals surface area contributed by atoms with Crippen LogP contribution in [0.25, 0.3) is 0 Å². The monoisotopic (exact) mass is 235 g/mol. The van der Waals surface area contributed by atoms with Crippen LogP contribution in [0.4, 0.5) is 0 Å². The molecule has 1 aliphatic carbocycles. The van der Waals surface area contributed by atoms with Crippen LogP contribution >= 0.6 is 0 Å². The summed E-state index contributed by atoms with van der Waals surface area (Å²) in [5, 5.41) is 7.87. The molecule has 2 aliphatic rings. The Kier molecular flexibility index (Phi) is 2.92. The van der Waals surface area contributed by atoms with Gasteiger partial charge in [-0.2, -0.15) is 5.10 Å². The van der Waals surface area contributed by atoms with Gasteiger partial charge in [-0.25, -0.2) is 0 Å². The van der Waals surface area contributed by atoms with E-state index in [9.17, 15) is 0 Å². The summed E-state index contributed by atoms with van der Waals surface area (Å²) in [6.07, 6.45) is 9.00. The molecule has 1 N–H and O–H groups in total. The van der Waals surface area contributed by atoms with Crippen molar-refractivity contribution in [2.24, 2.45) is 5.92 Å². The summed E-state index contributed by atoms with van der Waals surface area (Å²) in [5.41, 5.74) is 1.15. The number of rotatable bonds is 4. The second-order valence-corrected chi connectivity index (χ2v) is 5.34. The van der Waals surface area contributed by atoms with E-state index in [1.165, 1.54) is 18.4 Å². The zero-order valence-electron chi connectivity index (χ0n) is 10.5. The van der Waals surface area contributed by atoms with Crippen LogP contribution in [0.5, 0.6) is 0 Å². The normalized spacial score (nSPS) is 23.8. The first kappa shape index (κ1) is 11.2. The molecule has 1 aromatic rings. The van der Waals surface area contributed by atoms with Gasteiger partial charge in [0, 0.05) is 25.4 Å². The third kappa shape index (κ3) is 2.24. The lowest BCUT2D eigenvalue weighted by Gasteiger charge is -2.35. The molecule has 2 heterocycles. The quantitative estimate of drug-likeness (QED) is 0.860. The van der Waals surface area contributed by atoms with Gasteiger partial charge in [0.1, 0.15) is 0 Å². The highest BCUT2D eigenvalue weighted by atomic mass is 16.5. The molecule has 1 saturated carbocycles. The molecule has 1 aromatic heterocycles. The first-order valence-corrected chi connectivity index (χ1v) is 6.61. The van der Waals surface area contributed by atoms with Gasteiger partial charge in [-0.1, -0.05) is 0 Å². The second kappa shape index (κ2) is 4.42. The first-order valence-electron chi connectivity index (χ1n) is 6.61. The van der Waals surface area contributed by atoms with Crippen LogP contribution in [0, 0.1) is 5.92 Å². The number of nitrogens with zero attached hydrogens (tertiary/aromatic N) is 2. The Morgan fingerprint density at radius 2 is 2.24 bits per heavy atom. The van der Waals surface area contributed by atoms with Crippen molar-refractivity contribution < 1.29 is 4.74 Å². The van der Waals surface area contributed by atoms with Crippen molar-refractivity contribution in [2.45, 2.75) is 37.8 Å². The Hall–Kier alpha value is -0.870. The summed E-state index contributed by atoms with van der Waals surface area (Å²) in [7, 11) is 1.82. The second-order valence-electron chi connectivity index (χ2n) is 5.34. The summed E-state index contributed by atoms with van der Waals surface area (Å²) in [4.78, 5) is 0. The van der Waals surface area contributed by atoms with E-state index in [1.54, 1.807) is 0 Å². The molecule has 3 rings (SSSR count). The van der Waals surface area contributed by atoms with E-state index in [4.69, 9.17) is 4.74 Å². The zero-order valence-corrected chi connectivity index (χ0v) is 10.5. The van der Waals surface area contributed by atoms with Crippen LogP contribution in [0.1, 0.15) is 31.2 Å². The molecule has 0 unspecified atom stereocenters. The summed E-state index contributed by atoms with van der Waals surface area (Å²) in [6.45, 7) is 3.14. The van der Waals surface area contributed by atoms with Crippen LogP contribution in [0.2, 0.25) is 0 Å². The van der Waals surface area contributed by atoms with Crippen molar-refractivity contribution >= 4 is 0 Å². The molecule has 17 heavy (non-hydrogen) atoms. The van der Waals surface area contributed by atoms with E-state index in [0.717, 1.165) is 38.4 Å². The van der Waals surface area contributed by atoms with E-state index in [1.807, 2.05) is 13.3 Å². The van der Waals surface area contributed by atoms with Gasteiger partial charge in [-0.05, 0) is 44.7 Å². The zero-order chi connectivity index (χ0) is 11.7. The van der Waals surface area contributed by atoms with Crippen LogP contribution in [0.3, 0.4) is 0 Å². The third-order valence-electron chi connectivity index (χ3n) is 4.10. The summed E-state index contributed by atoms with van der Waals surface area (Å²) in [6, 6.07) is 0. The van der Waals surface area contributed by atoms with Gasteiger partial charge in [0.2, 0.25) is 0 Å². The number of methoxy groups -OCH3 is 1. The number of nitrogens with one attached hydrogen (secondary N) is 1. The molecule has 0 spiro atoms. The predicted molar refractivity (Wildman–Crippen MR) is 65.7 cm³/mol. The van der Waals surface area contributed by atoms with Crippen LogP contribution in [-0.4, -0.2) is 30.0 Å². The van der Waals surface area contributed by atoms with Gasteiger partial charge in [-0.15, -0.1) is 0 Å². The Morgan fingerprint density at radius 1 is 1.47 bits per heavy atom. The molecule has 94 valence electrons. The lowest BCUT2D eigenvalue weighted by Crippen LogP contribution is -2.41. The molecule has 0 radical (unpaired) electrons. The van der Waals surface area contributed by atoms with Crippen molar-refractivity contribution in [1.29, 1.82) is 0 Å². The topological polar surface area (TPSA) is 39.1 Å². The van der Waals surface area contributed by atoms with Gasteiger partial charge in [0.15, 0.2) is 0 Å². The predicted octanol–water partition coefficient (Wildman–Crippen LogP) is 1.52. The third-order valence-corrected chi connectivity index (χ3v) is 4.10. The fourth-order valence-corrected chi connectivity index (χ4v) is 2.70. The average molecular weight is 235 g/mol. The highest BCUT2D eigenvalue weighted by Gasteiger charge is 2.35. The molecule has 1 saturated heterocycles. The maximum absolute atomic E-state index is 5.81. The standard InChI is InChI=1S/C13H21N3O/c1-17-13(4-6-14-7-5-13)12-8-15-16(10-12)9-11-2-3-11/h8,10-11,14H,2-7,9H2,1H3. The van der Waals surface area contributed by atoms with Gasteiger partial charge in [0.25, 0.3) is 0 Å². The molecule has 4 nitrogen and oxygen atoms in total. The molecule has 2 fully saturated rings. The van der Waals surface area contributed by atoms with Crippen molar-refractivity contribution in [1.82, 2.24) is 15.1 Å². The number of piperidine rings is 1. The Bertz CT molecular complexity index is 378. The molecule has 0 atom stereocenters. The molecule has 0 amide bonds. The number of aromatic nitrogens is 2. The fraction of sp³-hybridized carbons (Fsp3) is 0.769. The lowest BCUT2D eigenvalue weighted by molar-refractivity contribution is -0.0392. The minimum atomic E-state index is -0.104. The van der Waals surface area contributed by atoms with Gasteiger partial charge >= 0.3 is 0 Å². The van der Waals surface area contributed by atoms with Crippen molar-refractivity contribution in [3.8, 4) is 0 Å². The molecule has 1 aliphatic heterocycles. The van der Waals surface area contributed by atoms with E-state index in [0.29, 0.717) is 0 Å². The lowest BCUT2D eigenvalue weighted by atomic mass is 9.87. The number of hydrogen-bond acceptors (Lipinski definition) is 3. The first-order chi connectivity index (χ1) is 8.32. The van der Waals surface area contributed by atoms with Crippen LogP contribution in [-0.2, 0) is 16.9 Å². The molecule has 4 heteroatoms. The molecular weight excluding hydrogens is 214 g/mol. The number of ether oxygens (including phenoxy) is 1. The maximum atomic E-state index is 5.81. The van der Waals surface area contributed by atoms with Crippen molar-refractivity contribution in [2.75, 3.05) is 20.2 Å². The van der Waals surface area contributed by atoms with E-state index >= 15 is 0 Å². The van der Waals surface area contributed by atoms with Gasteiger partial charge in [-0.3, -0.25) is 4.68 Å². The van der Waals surface area contributed by atoms with Gasteiger partial charge < -0.3 is 10.1 Å². The van der Waals surface area contributed by atoms with Crippen molar-refractivity contribution in [3.05, 3.63) is 18.0 Å².